The molecule has 5 heteroatoms. The Labute approximate surface area is 131 Å². The molecule has 1 amide bonds. The van der Waals surface area contributed by atoms with Crippen LogP contribution in [0.1, 0.15) is 31.5 Å². The smallest absolute Gasteiger partial charge is 0.219 e. The van der Waals surface area contributed by atoms with Gasteiger partial charge in [-0.25, -0.2) is 4.98 Å². The number of imidazole rings is 1. The number of hydrogen-bond donors (Lipinski definition) is 1. The fourth-order valence-corrected chi connectivity index (χ4v) is 3.24. The summed E-state index contributed by atoms with van der Waals surface area (Å²) in [4.78, 5) is 17.9. The molecule has 1 fully saturated rings. The Morgan fingerprint density at radius 2 is 2.32 bits per heavy atom. The molecule has 0 bridgehead atoms. The van der Waals surface area contributed by atoms with Crippen molar-refractivity contribution in [3.05, 3.63) is 35.8 Å². The van der Waals surface area contributed by atoms with Crippen LogP contribution in [-0.2, 0) is 11.3 Å². The first kappa shape index (κ1) is 15.0. The van der Waals surface area contributed by atoms with Crippen molar-refractivity contribution in [2.24, 2.45) is 5.92 Å². The van der Waals surface area contributed by atoms with E-state index in [0.29, 0.717) is 12.0 Å². The summed E-state index contributed by atoms with van der Waals surface area (Å²) in [7, 11) is 0. The quantitative estimate of drug-likeness (QED) is 0.943. The molecule has 22 heavy (non-hydrogen) atoms. The van der Waals surface area contributed by atoms with Gasteiger partial charge in [-0.15, -0.1) is 0 Å². The minimum absolute atomic E-state index is 0.183. The molecule has 0 spiro atoms. The van der Waals surface area contributed by atoms with E-state index in [2.05, 4.69) is 46.9 Å². The van der Waals surface area contributed by atoms with Crippen molar-refractivity contribution >= 4 is 11.6 Å². The second-order valence-electron chi connectivity index (χ2n) is 6.40. The molecule has 2 aromatic heterocycles. The number of carbonyl (C=O) groups excluding carboxylic acids is 1. The molecule has 118 valence electrons. The Hall–Kier alpha value is -1.88. The monoisotopic (exact) mass is 300 g/mol. The fourth-order valence-electron chi connectivity index (χ4n) is 3.24. The van der Waals surface area contributed by atoms with Crippen molar-refractivity contribution in [1.29, 1.82) is 0 Å². The highest BCUT2D eigenvalue weighted by atomic mass is 16.2. The van der Waals surface area contributed by atoms with Gasteiger partial charge >= 0.3 is 0 Å². The SMILES string of the molecule is CC(=O)N1CC[C@H](NCc2cnc3cc(C)ccn23)[C@@H](C)C1. The normalized spacial score (nSPS) is 22.2. The van der Waals surface area contributed by atoms with Gasteiger partial charge in [0.1, 0.15) is 5.65 Å². The number of aromatic nitrogens is 2. The Bertz CT molecular complexity index is 678. The van der Waals surface area contributed by atoms with Crippen LogP contribution in [0.5, 0.6) is 0 Å². The van der Waals surface area contributed by atoms with Crippen LogP contribution in [0.15, 0.2) is 24.5 Å². The lowest BCUT2D eigenvalue weighted by molar-refractivity contribution is -0.130. The van der Waals surface area contributed by atoms with Crippen LogP contribution in [0.4, 0.5) is 0 Å². The molecule has 1 aliphatic heterocycles. The molecule has 3 heterocycles. The third-order valence-electron chi connectivity index (χ3n) is 4.64. The van der Waals surface area contributed by atoms with Gasteiger partial charge in [-0.05, 0) is 37.0 Å². The molecule has 1 saturated heterocycles. The van der Waals surface area contributed by atoms with E-state index in [-0.39, 0.29) is 5.91 Å². The number of rotatable bonds is 3. The number of aryl methyl sites for hydroxylation is 1. The molecule has 0 radical (unpaired) electrons. The first-order valence-electron chi connectivity index (χ1n) is 7.96. The second-order valence-corrected chi connectivity index (χ2v) is 6.40. The van der Waals surface area contributed by atoms with Crippen LogP contribution in [0.3, 0.4) is 0 Å². The summed E-state index contributed by atoms with van der Waals surface area (Å²) in [6.45, 7) is 8.45. The van der Waals surface area contributed by atoms with E-state index in [9.17, 15) is 4.79 Å². The summed E-state index contributed by atoms with van der Waals surface area (Å²) in [5, 5.41) is 3.64. The number of hydrogen-bond acceptors (Lipinski definition) is 3. The molecule has 2 atom stereocenters. The van der Waals surface area contributed by atoms with Gasteiger partial charge in [-0.2, -0.15) is 0 Å². The van der Waals surface area contributed by atoms with Crippen LogP contribution in [0, 0.1) is 12.8 Å². The van der Waals surface area contributed by atoms with E-state index in [0.717, 1.165) is 31.7 Å². The van der Waals surface area contributed by atoms with Crippen molar-refractivity contribution in [2.45, 2.75) is 39.8 Å². The fraction of sp³-hybridized carbons (Fsp3) is 0.529. The summed E-state index contributed by atoms with van der Waals surface area (Å²) < 4.78 is 2.13. The number of likely N-dealkylation sites (tertiary alicyclic amines) is 1. The molecule has 1 aliphatic rings. The van der Waals surface area contributed by atoms with E-state index < -0.39 is 0 Å². The summed E-state index contributed by atoms with van der Waals surface area (Å²) in [5.41, 5.74) is 3.40. The van der Waals surface area contributed by atoms with E-state index in [1.807, 2.05) is 11.1 Å². The zero-order chi connectivity index (χ0) is 15.7. The molecule has 0 saturated carbocycles. The lowest BCUT2D eigenvalue weighted by Crippen LogP contribution is -2.49. The van der Waals surface area contributed by atoms with Gasteiger partial charge in [-0.3, -0.25) is 4.79 Å². The van der Waals surface area contributed by atoms with E-state index in [4.69, 9.17) is 0 Å². The second kappa shape index (κ2) is 6.08. The highest BCUT2D eigenvalue weighted by Gasteiger charge is 2.26. The molecule has 2 aromatic rings. The topological polar surface area (TPSA) is 49.6 Å². The van der Waals surface area contributed by atoms with Crippen molar-refractivity contribution in [1.82, 2.24) is 19.6 Å². The van der Waals surface area contributed by atoms with Crippen molar-refractivity contribution in [3.8, 4) is 0 Å². The molecule has 0 aromatic carbocycles. The maximum atomic E-state index is 11.5. The van der Waals surface area contributed by atoms with Crippen molar-refractivity contribution in [2.75, 3.05) is 13.1 Å². The Morgan fingerprint density at radius 1 is 1.50 bits per heavy atom. The van der Waals surface area contributed by atoms with E-state index >= 15 is 0 Å². The Morgan fingerprint density at radius 3 is 3.05 bits per heavy atom. The number of amides is 1. The Kier molecular flexibility index (Phi) is 4.16. The largest absolute Gasteiger partial charge is 0.343 e. The molecule has 5 nitrogen and oxygen atoms in total. The minimum Gasteiger partial charge on any atom is -0.343 e. The number of nitrogens with zero attached hydrogens (tertiary/aromatic N) is 3. The lowest BCUT2D eigenvalue weighted by atomic mass is 9.94. The average molecular weight is 300 g/mol. The third-order valence-corrected chi connectivity index (χ3v) is 4.64. The van der Waals surface area contributed by atoms with Gasteiger partial charge in [0.25, 0.3) is 0 Å². The van der Waals surface area contributed by atoms with Gasteiger partial charge in [0, 0.05) is 38.8 Å². The van der Waals surface area contributed by atoms with Crippen LogP contribution in [0.2, 0.25) is 0 Å². The number of piperidine rings is 1. The van der Waals surface area contributed by atoms with Crippen molar-refractivity contribution in [3.63, 3.8) is 0 Å². The van der Waals surface area contributed by atoms with Crippen molar-refractivity contribution < 1.29 is 4.79 Å². The molecule has 1 N–H and O–H groups in total. The standard InChI is InChI=1S/C17H24N4O/c1-12-4-7-21-15(10-19-17(21)8-12)9-18-16-5-6-20(14(3)22)11-13(16)2/h4,7-8,10,13,16,18H,5-6,9,11H2,1-3H3/t13-,16-/m0/s1. The van der Waals surface area contributed by atoms with Crippen LogP contribution in [0.25, 0.3) is 5.65 Å². The van der Waals surface area contributed by atoms with Gasteiger partial charge in [0.2, 0.25) is 5.91 Å². The van der Waals surface area contributed by atoms with Gasteiger partial charge < -0.3 is 14.6 Å². The van der Waals surface area contributed by atoms with E-state index in [1.54, 1.807) is 6.92 Å². The van der Waals surface area contributed by atoms with E-state index in [1.165, 1.54) is 11.3 Å². The van der Waals surface area contributed by atoms with Gasteiger partial charge in [0.05, 0.1) is 11.9 Å². The molecule has 0 unspecified atom stereocenters. The highest BCUT2D eigenvalue weighted by Crippen LogP contribution is 2.18. The highest BCUT2D eigenvalue weighted by molar-refractivity contribution is 5.73. The maximum absolute atomic E-state index is 11.5. The average Bonchev–Trinajstić information content (AvgIpc) is 2.88. The molecular formula is C17H24N4O. The zero-order valence-corrected chi connectivity index (χ0v) is 13.5. The Balaban J connectivity index is 1.63. The first-order chi connectivity index (χ1) is 10.5. The maximum Gasteiger partial charge on any atom is 0.219 e. The number of pyridine rings is 1. The predicted molar refractivity (Wildman–Crippen MR) is 86.6 cm³/mol. The van der Waals surface area contributed by atoms with Gasteiger partial charge in [-0.1, -0.05) is 6.92 Å². The molecule has 3 rings (SSSR count). The number of carbonyl (C=O) groups is 1. The first-order valence-corrected chi connectivity index (χ1v) is 7.96. The summed E-state index contributed by atoms with van der Waals surface area (Å²) in [6, 6.07) is 4.65. The summed E-state index contributed by atoms with van der Waals surface area (Å²) in [5.74, 6) is 0.654. The lowest BCUT2D eigenvalue weighted by Gasteiger charge is -2.37. The van der Waals surface area contributed by atoms with Crippen LogP contribution < -0.4 is 5.32 Å². The van der Waals surface area contributed by atoms with Gasteiger partial charge in [0.15, 0.2) is 0 Å². The minimum atomic E-state index is 0.183. The predicted octanol–water partition coefficient (Wildman–Crippen LogP) is 1.99. The summed E-state index contributed by atoms with van der Waals surface area (Å²) >= 11 is 0. The third kappa shape index (κ3) is 2.99. The van der Waals surface area contributed by atoms with Crippen LogP contribution >= 0.6 is 0 Å². The zero-order valence-electron chi connectivity index (χ0n) is 13.5. The van der Waals surface area contributed by atoms with Crippen LogP contribution in [-0.4, -0.2) is 39.3 Å². The summed E-state index contributed by atoms with van der Waals surface area (Å²) in [6.07, 6.45) is 5.03. The molecule has 0 aliphatic carbocycles. The number of fused-ring (bicyclic) bond motifs is 1. The molecular weight excluding hydrogens is 276 g/mol. The number of nitrogens with one attached hydrogen (secondary N) is 1.